The van der Waals surface area contributed by atoms with Crippen LogP contribution in [0.3, 0.4) is 0 Å². The molecule has 3 aromatic rings. The third-order valence-electron chi connectivity index (χ3n) is 5.17. The summed E-state index contributed by atoms with van der Waals surface area (Å²) in [6, 6.07) is 5.34. The molecule has 1 aliphatic rings. The van der Waals surface area contributed by atoms with Gasteiger partial charge in [-0.1, -0.05) is 41.6 Å². The number of nitroso groups, excluding NO2 is 1. The smallest absolute Gasteiger partial charge is 0.267 e. The Kier molecular flexibility index (Phi) is 8.05. The second kappa shape index (κ2) is 11.6. The normalized spacial score (nSPS) is 13.0. The second-order valence-electron chi connectivity index (χ2n) is 7.66. The Labute approximate surface area is 220 Å². The highest BCUT2D eigenvalue weighted by molar-refractivity contribution is 7.17. The molecule has 14 nitrogen and oxygen atoms in total. The van der Waals surface area contributed by atoms with Gasteiger partial charge < -0.3 is 10.2 Å². The van der Waals surface area contributed by atoms with Crippen molar-refractivity contribution in [2.45, 2.75) is 6.92 Å². The van der Waals surface area contributed by atoms with Crippen molar-refractivity contribution in [1.29, 1.82) is 0 Å². The van der Waals surface area contributed by atoms with Gasteiger partial charge in [-0.2, -0.15) is 15.0 Å². The van der Waals surface area contributed by atoms with Gasteiger partial charge in [0, 0.05) is 13.1 Å². The van der Waals surface area contributed by atoms with Crippen LogP contribution in [0.25, 0.3) is 0 Å². The van der Waals surface area contributed by atoms with Crippen LogP contribution < -0.4 is 26.4 Å². The predicted molar refractivity (Wildman–Crippen MR) is 141 cm³/mol. The van der Waals surface area contributed by atoms with Gasteiger partial charge in [-0.15, -0.1) is 4.91 Å². The average molecular weight is 544 g/mol. The number of piperazine rings is 1. The van der Waals surface area contributed by atoms with Gasteiger partial charge in [0.05, 0.1) is 35.3 Å². The summed E-state index contributed by atoms with van der Waals surface area (Å²) in [7, 11) is 0. The molecule has 16 heteroatoms. The number of halogens is 1. The molecule has 1 aliphatic heterocycles. The van der Waals surface area contributed by atoms with E-state index in [1.54, 1.807) is 12.1 Å². The number of amides is 2. The third-order valence-corrected chi connectivity index (χ3v) is 6.40. The highest BCUT2D eigenvalue weighted by Gasteiger charge is 2.21. The van der Waals surface area contributed by atoms with Crippen molar-refractivity contribution in [3.63, 3.8) is 0 Å². The van der Waals surface area contributed by atoms with Gasteiger partial charge in [-0.3, -0.25) is 30.8 Å². The number of thiazole rings is 1. The molecule has 0 atom stereocenters. The molecule has 2 aromatic heterocycles. The number of aromatic nitrogens is 4. The van der Waals surface area contributed by atoms with Crippen molar-refractivity contribution in [3.05, 3.63) is 57.4 Å². The quantitative estimate of drug-likeness (QED) is 0.178. The molecule has 3 heterocycles. The number of nitrogens with one attached hydrogen (secondary N) is 4. The van der Waals surface area contributed by atoms with Gasteiger partial charge in [0.2, 0.25) is 17.8 Å². The van der Waals surface area contributed by atoms with Crippen molar-refractivity contribution in [1.82, 2.24) is 30.4 Å². The standard InChI is InChI=1S/C21H22ClN11O3S/c1-3-15(34)29-30-19-25-18(26-20(27-19)32-7-9-33(31-36)10-8-32)28-21-23-11-14(37-21)17(35)24-16-12(2)5-4-6-13(16)22/h3-6,11H,1,7-10H2,2H3,(H,24,35)(H,29,34)(H2,23,25,26,27,28,30). The summed E-state index contributed by atoms with van der Waals surface area (Å²) >= 11 is 7.30. The lowest BCUT2D eigenvalue weighted by Crippen LogP contribution is -2.44. The first kappa shape index (κ1) is 25.7. The van der Waals surface area contributed by atoms with Crippen LogP contribution in [0.1, 0.15) is 15.2 Å². The zero-order valence-electron chi connectivity index (χ0n) is 19.6. The summed E-state index contributed by atoms with van der Waals surface area (Å²) < 4.78 is 0. The molecular weight excluding hydrogens is 522 g/mol. The fraction of sp³-hybridized carbons (Fsp3) is 0.238. The number of hydrogen-bond donors (Lipinski definition) is 4. The van der Waals surface area contributed by atoms with Gasteiger partial charge in [0.15, 0.2) is 5.13 Å². The molecule has 0 unspecified atom stereocenters. The minimum absolute atomic E-state index is 0.0577. The van der Waals surface area contributed by atoms with Crippen LogP contribution >= 0.6 is 22.9 Å². The Morgan fingerprint density at radius 1 is 1.16 bits per heavy atom. The summed E-state index contributed by atoms with van der Waals surface area (Å²) in [5, 5.41) is 10.9. The van der Waals surface area contributed by atoms with E-state index in [9.17, 15) is 14.5 Å². The molecule has 0 spiro atoms. The SMILES string of the molecule is C=CC(=O)NNc1nc(Nc2ncc(C(=O)Nc3c(C)cccc3Cl)s2)nc(N2CCN(N=O)CC2)n1. The fourth-order valence-electron chi connectivity index (χ4n) is 3.26. The Balaban J connectivity index is 1.52. The average Bonchev–Trinajstić information content (AvgIpc) is 3.38. The number of nitrogens with zero attached hydrogens (tertiary/aromatic N) is 7. The van der Waals surface area contributed by atoms with Crippen LogP contribution in [0.4, 0.5) is 28.7 Å². The maximum atomic E-state index is 12.8. The van der Waals surface area contributed by atoms with Crippen molar-refractivity contribution < 1.29 is 9.59 Å². The first-order valence-electron chi connectivity index (χ1n) is 10.9. The molecule has 1 saturated heterocycles. The molecule has 2 amide bonds. The predicted octanol–water partition coefficient (Wildman–Crippen LogP) is 2.72. The summed E-state index contributed by atoms with van der Waals surface area (Å²) in [6.07, 6.45) is 2.51. The molecule has 1 fully saturated rings. The topological polar surface area (TPSA) is 170 Å². The lowest BCUT2D eigenvalue weighted by atomic mass is 10.2. The van der Waals surface area contributed by atoms with E-state index in [0.717, 1.165) is 23.0 Å². The van der Waals surface area contributed by atoms with Crippen LogP contribution in [-0.2, 0) is 4.79 Å². The molecule has 4 N–H and O–H groups in total. The Morgan fingerprint density at radius 2 is 1.92 bits per heavy atom. The van der Waals surface area contributed by atoms with Crippen molar-refractivity contribution >= 4 is 63.4 Å². The number of carbonyl (C=O) groups excluding carboxylic acids is 2. The first-order chi connectivity index (χ1) is 17.9. The molecule has 37 heavy (non-hydrogen) atoms. The molecule has 4 rings (SSSR count). The van der Waals surface area contributed by atoms with Gasteiger partial charge >= 0.3 is 0 Å². The van der Waals surface area contributed by atoms with Crippen molar-refractivity contribution in [2.24, 2.45) is 5.29 Å². The highest BCUT2D eigenvalue weighted by Crippen LogP contribution is 2.28. The fourth-order valence-corrected chi connectivity index (χ4v) is 4.24. The number of rotatable bonds is 9. The second-order valence-corrected chi connectivity index (χ2v) is 9.10. The van der Waals surface area contributed by atoms with Gasteiger partial charge in [-0.05, 0) is 24.6 Å². The van der Waals surface area contributed by atoms with Crippen LogP contribution in [0.15, 0.2) is 42.3 Å². The van der Waals surface area contributed by atoms with E-state index < -0.39 is 5.91 Å². The van der Waals surface area contributed by atoms with E-state index in [2.05, 4.69) is 53.3 Å². The molecular formula is C21H22ClN11O3S. The molecule has 1 aromatic carbocycles. The van der Waals surface area contributed by atoms with E-state index in [4.69, 9.17) is 11.6 Å². The van der Waals surface area contributed by atoms with E-state index in [0.29, 0.717) is 52.8 Å². The molecule has 0 aliphatic carbocycles. The minimum atomic E-state index is -0.480. The number of anilines is 5. The van der Waals surface area contributed by atoms with Gasteiger partial charge in [0.25, 0.3) is 11.8 Å². The minimum Gasteiger partial charge on any atom is -0.337 e. The first-order valence-corrected chi connectivity index (χ1v) is 12.1. The van der Waals surface area contributed by atoms with Crippen molar-refractivity contribution in [2.75, 3.05) is 47.1 Å². The number of para-hydroxylation sites is 1. The number of aryl methyl sites for hydroxylation is 1. The molecule has 0 bridgehead atoms. The third kappa shape index (κ3) is 6.45. The van der Waals surface area contributed by atoms with Gasteiger partial charge in [0.1, 0.15) is 4.88 Å². The van der Waals surface area contributed by atoms with Crippen LogP contribution in [-0.4, -0.2) is 62.9 Å². The number of benzene rings is 1. The van der Waals surface area contributed by atoms with Crippen LogP contribution in [0.2, 0.25) is 5.02 Å². The Bertz CT molecular complexity index is 1310. The Morgan fingerprint density at radius 3 is 2.62 bits per heavy atom. The lowest BCUT2D eigenvalue weighted by molar-refractivity contribution is -0.116. The van der Waals surface area contributed by atoms with E-state index >= 15 is 0 Å². The van der Waals surface area contributed by atoms with Gasteiger partial charge in [-0.25, -0.2) is 4.98 Å². The van der Waals surface area contributed by atoms with E-state index in [-0.39, 0.29) is 17.8 Å². The summed E-state index contributed by atoms with van der Waals surface area (Å²) in [5.74, 6) is -0.357. The monoisotopic (exact) mass is 543 g/mol. The van der Waals surface area contributed by atoms with E-state index in [1.165, 1.54) is 11.2 Å². The summed E-state index contributed by atoms with van der Waals surface area (Å²) in [5.41, 5.74) is 6.36. The molecule has 0 saturated carbocycles. The largest absolute Gasteiger partial charge is 0.337 e. The van der Waals surface area contributed by atoms with Crippen LogP contribution in [0.5, 0.6) is 0 Å². The number of hydrazine groups is 1. The maximum absolute atomic E-state index is 12.8. The van der Waals surface area contributed by atoms with Crippen LogP contribution in [0, 0.1) is 11.8 Å². The lowest BCUT2D eigenvalue weighted by Gasteiger charge is -2.31. The summed E-state index contributed by atoms with van der Waals surface area (Å²) in [4.78, 5) is 54.6. The molecule has 0 radical (unpaired) electrons. The maximum Gasteiger partial charge on any atom is 0.267 e. The number of carbonyl (C=O) groups is 2. The highest BCUT2D eigenvalue weighted by atomic mass is 35.5. The zero-order chi connectivity index (χ0) is 26.4. The number of hydrogen-bond acceptors (Lipinski definition) is 12. The zero-order valence-corrected chi connectivity index (χ0v) is 21.1. The molecule has 192 valence electrons. The summed E-state index contributed by atoms with van der Waals surface area (Å²) in [6.45, 7) is 6.96. The van der Waals surface area contributed by atoms with E-state index in [1.807, 2.05) is 17.9 Å². The Hall–Kier alpha value is -4.37. The van der Waals surface area contributed by atoms with Crippen molar-refractivity contribution in [3.8, 4) is 0 Å².